The van der Waals surface area contributed by atoms with Gasteiger partial charge >= 0.3 is 12.1 Å². The van der Waals surface area contributed by atoms with E-state index in [1.54, 1.807) is 29.2 Å². The molecule has 0 bridgehead atoms. The number of amides is 1. The Kier molecular flexibility index (Phi) is 5.53. The Balaban J connectivity index is 1.58. The number of nitrogens with zero attached hydrogens (tertiary/aromatic N) is 2. The lowest BCUT2D eigenvalue weighted by Gasteiger charge is -2.31. The largest absolute Gasteiger partial charge is 0.427 e. The van der Waals surface area contributed by atoms with E-state index in [4.69, 9.17) is 4.74 Å². The van der Waals surface area contributed by atoms with Crippen molar-refractivity contribution in [3.63, 3.8) is 0 Å². The summed E-state index contributed by atoms with van der Waals surface area (Å²) in [5.74, 6) is 0.359. The Bertz CT molecular complexity index is 843. The predicted octanol–water partition coefficient (Wildman–Crippen LogP) is 2.41. The Hall–Kier alpha value is -3.10. The minimum absolute atomic E-state index is 0.148. The van der Waals surface area contributed by atoms with Crippen LogP contribution in [0.5, 0.6) is 5.75 Å². The number of aromatic nitrogens is 1. The highest BCUT2D eigenvalue weighted by molar-refractivity contribution is 5.94. The number of hydrogen-bond donors (Lipinski definition) is 0. The summed E-state index contributed by atoms with van der Waals surface area (Å²) >= 11 is 0. The molecule has 1 aromatic heterocycles. The molecule has 0 unspecified atom stereocenters. The van der Waals surface area contributed by atoms with Crippen molar-refractivity contribution in [2.75, 3.05) is 31.1 Å². The molecule has 0 radical (unpaired) electrons. The van der Waals surface area contributed by atoms with Crippen molar-refractivity contribution < 1.29 is 32.5 Å². The molecule has 1 N–H and O–H groups in total. The number of nitrogens with one attached hydrogen (secondary N) is 1. The van der Waals surface area contributed by atoms with E-state index in [9.17, 15) is 22.8 Å². The lowest BCUT2D eigenvalue weighted by atomic mass is 10.1. The van der Waals surface area contributed by atoms with Crippen molar-refractivity contribution in [2.45, 2.75) is 13.1 Å². The monoisotopic (exact) mass is 394 g/mol. The smallest absolute Gasteiger partial charge is 0.419 e. The molecule has 148 valence electrons. The van der Waals surface area contributed by atoms with Gasteiger partial charge in [-0.1, -0.05) is 0 Å². The van der Waals surface area contributed by atoms with Gasteiger partial charge in [0, 0.05) is 18.6 Å². The van der Waals surface area contributed by atoms with Gasteiger partial charge in [-0.15, -0.1) is 0 Å². The number of carbonyl (C=O) groups is 2. The first kappa shape index (κ1) is 19.7. The number of alkyl halides is 3. The van der Waals surface area contributed by atoms with Crippen LogP contribution in [-0.2, 0) is 11.0 Å². The third kappa shape index (κ3) is 4.59. The van der Waals surface area contributed by atoms with E-state index in [0.717, 1.165) is 12.3 Å². The number of esters is 1. The Morgan fingerprint density at radius 3 is 2.14 bits per heavy atom. The molecule has 0 spiro atoms. The molecule has 28 heavy (non-hydrogen) atoms. The Morgan fingerprint density at radius 2 is 1.64 bits per heavy atom. The van der Waals surface area contributed by atoms with E-state index in [2.05, 4.69) is 4.98 Å². The summed E-state index contributed by atoms with van der Waals surface area (Å²) < 4.78 is 42.9. The number of halogens is 3. The van der Waals surface area contributed by atoms with Crippen molar-refractivity contribution in [3.8, 4) is 5.75 Å². The summed E-state index contributed by atoms with van der Waals surface area (Å²) in [4.78, 5) is 29.8. The predicted molar refractivity (Wildman–Crippen MR) is 93.9 cm³/mol. The second kappa shape index (κ2) is 7.87. The average Bonchev–Trinajstić information content (AvgIpc) is 2.67. The van der Waals surface area contributed by atoms with E-state index in [0.29, 0.717) is 43.3 Å². The van der Waals surface area contributed by atoms with E-state index in [-0.39, 0.29) is 5.91 Å². The summed E-state index contributed by atoms with van der Waals surface area (Å²) in [6.45, 7) is 3.18. The summed E-state index contributed by atoms with van der Waals surface area (Å²) in [5.41, 5.74) is -0.257. The van der Waals surface area contributed by atoms with Gasteiger partial charge in [-0.25, -0.2) is 4.98 Å². The first-order valence-electron chi connectivity index (χ1n) is 8.65. The number of hydrogen-bond acceptors (Lipinski definition) is 4. The second-order valence-electron chi connectivity index (χ2n) is 6.36. The highest BCUT2D eigenvalue weighted by atomic mass is 19.4. The van der Waals surface area contributed by atoms with Gasteiger partial charge in [-0.05, 0) is 30.3 Å². The van der Waals surface area contributed by atoms with Crippen LogP contribution in [0.1, 0.15) is 22.8 Å². The number of rotatable bonds is 3. The highest BCUT2D eigenvalue weighted by Gasteiger charge is 2.33. The molecule has 0 atom stereocenters. The van der Waals surface area contributed by atoms with Crippen molar-refractivity contribution in [3.05, 3.63) is 53.7 Å². The fourth-order valence-corrected chi connectivity index (χ4v) is 2.95. The minimum atomic E-state index is -4.38. The first-order chi connectivity index (χ1) is 13.2. The van der Waals surface area contributed by atoms with Crippen LogP contribution in [0.25, 0.3) is 0 Å². The quantitative estimate of drug-likeness (QED) is 0.593. The molecule has 3 rings (SSSR count). The van der Waals surface area contributed by atoms with Gasteiger partial charge in [0.2, 0.25) is 0 Å². The van der Waals surface area contributed by atoms with Crippen LogP contribution in [0.4, 0.5) is 19.0 Å². The zero-order valence-corrected chi connectivity index (χ0v) is 15.1. The molecule has 1 amide bonds. The van der Waals surface area contributed by atoms with E-state index in [1.807, 2.05) is 4.90 Å². The van der Waals surface area contributed by atoms with Gasteiger partial charge < -0.3 is 9.64 Å². The van der Waals surface area contributed by atoms with Crippen LogP contribution in [0.2, 0.25) is 0 Å². The van der Waals surface area contributed by atoms with Crippen molar-refractivity contribution in [1.82, 2.24) is 4.90 Å². The Labute approximate surface area is 159 Å². The fraction of sp³-hybridized carbons (Fsp3) is 0.316. The molecule has 1 aromatic carbocycles. The minimum Gasteiger partial charge on any atom is -0.427 e. The van der Waals surface area contributed by atoms with Gasteiger partial charge in [0.25, 0.3) is 11.7 Å². The van der Waals surface area contributed by atoms with Gasteiger partial charge in [0.05, 0.1) is 18.7 Å². The summed E-state index contributed by atoms with van der Waals surface area (Å²) in [7, 11) is 0. The van der Waals surface area contributed by atoms with E-state index in [1.165, 1.54) is 13.0 Å². The number of benzene rings is 1. The fourth-order valence-electron chi connectivity index (χ4n) is 2.95. The first-order valence-corrected chi connectivity index (χ1v) is 8.65. The number of anilines is 1. The molecule has 2 heterocycles. The van der Waals surface area contributed by atoms with Crippen LogP contribution in [0.3, 0.4) is 0 Å². The molecule has 1 aliphatic rings. The standard InChI is InChI=1S/C19H18F3N3O3/c1-13(26)28-16-5-2-14(3-6-16)18(27)25-10-8-24(9-11-25)17-7-4-15(12-23-17)19(20,21)22/h2-7,12H,8-11H2,1H3/p+1. The number of pyridine rings is 1. The van der Waals surface area contributed by atoms with Crippen LogP contribution in [0.15, 0.2) is 42.6 Å². The van der Waals surface area contributed by atoms with Gasteiger partial charge in [0.15, 0.2) is 0 Å². The maximum absolute atomic E-state index is 12.6. The number of aromatic amines is 1. The lowest BCUT2D eigenvalue weighted by molar-refractivity contribution is -0.367. The SMILES string of the molecule is CC(=O)Oc1ccc(C(=O)N2CCN(c3ccc(C(F)(F)F)c[nH+]3)CC2)cc1. The third-order valence-electron chi connectivity index (χ3n) is 4.39. The van der Waals surface area contributed by atoms with E-state index >= 15 is 0 Å². The number of ether oxygens (including phenoxy) is 1. The maximum atomic E-state index is 12.6. The molecule has 2 aromatic rings. The zero-order valence-electron chi connectivity index (χ0n) is 15.1. The van der Waals surface area contributed by atoms with E-state index < -0.39 is 17.7 Å². The molecule has 1 fully saturated rings. The third-order valence-corrected chi connectivity index (χ3v) is 4.39. The highest BCUT2D eigenvalue weighted by Crippen LogP contribution is 2.28. The summed E-state index contributed by atoms with van der Waals surface area (Å²) in [6.07, 6.45) is -3.44. The van der Waals surface area contributed by atoms with Crippen LogP contribution in [0, 0.1) is 0 Å². The average molecular weight is 394 g/mol. The molecule has 1 saturated heterocycles. The molecule has 6 nitrogen and oxygen atoms in total. The lowest BCUT2D eigenvalue weighted by Crippen LogP contribution is -2.50. The van der Waals surface area contributed by atoms with Crippen LogP contribution < -0.4 is 14.6 Å². The maximum Gasteiger partial charge on any atom is 0.419 e. The van der Waals surface area contributed by atoms with Crippen molar-refractivity contribution in [2.24, 2.45) is 0 Å². The van der Waals surface area contributed by atoms with Crippen LogP contribution in [-0.4, -0.2) is 43.0 Å². The van der Waals surface area contributed by atoms with Crippen molar-refractivity contribution >= 4 is 17.7 Å². The molecular weight excluding hydrogens is 375 g/mol. The summed E-state index contributed by atoms with van der Waals surface area (Å²) in [5, 5.41) is 0. The van der Waals surface area contributed by atoms with Crippen LogP contribution >= 0.6 is 0 Å². The number of H-pyrrole nitrogens is 1. The second-order valence-corrected chi connectivity index (χ2v) is 6.36. The molecular formula is C19H19F3N3O3+. The molecule has 0 aliphatic carbocycles. The topological polar surface area (TPSA) is 64.0 Å². The number of piperazine rings is 1. The number of carbonyl (C=O) groups excluding carboxylic acids is 2. The molecule has 9 heteroatoms. The normalized spacial score (nSPS) is 14.7. The van der Waals surface area contributed by atoms with Gasteiger partial charge in [-0.2, -0.15) is 13.2 Å². The van der Waals surface area contributed by atoms with Gasteiger partial charge in [0.1, 0.15) is 25.0 Å². The molecule has 0 saturated carbocycles. The Morgan fingerprint density at radius 1 is 1.00 bits per heavy atom. The van der Waals surface area contributed by atoms with Gasteiger partial charge in [-0.3, -0.25) is 14.5 Å². The molecule has 1 aliphatic heterocycles. The summed E-state index contributed by atoms with van der Waals surface area (Å²) in [6, 6.07) is 8.74. The van der Waals surface area contributed by atoms with Crippen molar-refractivity contribution in [1.29, 1.82) is 0 Å². The zero-order chi connectivity index (χ0) is 20.3.